The van der Waals surface area contributed by atoms with E-state index in [1.54, 1.807) is 0 Å². The van der Waals surface area contributed by atoms with E-state index < -0.39 is 5.97 Å². The van der Waals surface area contributed by atoms with E-state index in [2.05, 4.69) is 10.5 Å². The SMILES string of the molecule is CCC(C)(CCO)NCc1cc(C(=O)O)no1. The van der Waals surface area contributed by atoms with Gasteiger partial charge >= 0.3 is 5.97 Å². The summed E-state index contributed by atoms with van der Waals surface area (Å²) >= 11 is 0. The second-order valence-corrected chi connectivity index (χ2v) is 4.22. The van der Waals surface area contributed by atoms with Crippen molar-refractivity contribution in [2.45, 2.75) is 38.8 Å². The van der Waals surface area contributed by atoms with Crippen LogP contribution >= 0.6 is 0 Å². The normalized spacial score (nSPS) is 14.5. The minimum Gasteiger partial charge on any atom is -0.476 e. The maximum Gasteiger partial charge on any atom is 0.358 e. The molecule has 1 aromatic heterocycles. The van der Waals surface area contributed by atoms with E-state index in [9.17, 15) is 4.79 Å². The molecule has 0 radical (unpaired) electrons. The van der Waals surface area contributed by atoms with E-state index in [0.29, 0.717) is 18.7 Å². The van der Waals surface area contributed by atoms with Gasteiger partial charge in [0.15, 0.2) is 11.5 Å². The van der Waals surface area contributed by atoms with Gasteiger partial charge in [-0.05, 0) is 19.8 Å². The number of aromatic nitrogens is 1. The van der Waals surface area contributed by atoms with Crippen LogP contribution in [0.4, 0.5) is 0 Å². The molecule has 1 aromatic rings. The number of carboxylic acid groups (broad SMARTS) is 1. The van der Waals surface area contributed by atoms with Crippen LogP contribution in [0, 0.1) is 0 Å². The molecular formula is C11H18N2O4. The Morgan fingerprint density at radius 3 is 2.82 bits per heavy atom. The first kappa shape index (κ1) is 13.7. The third-order valence-corrected chi connectivity index (χ3v) is 2.91. The second-order valence-electron chi connectivity index (χ2n) is 4.22. The van der Waals surface area contributed by atoms with Crippen LogP contribution in [0.15, 0.2) is 10.6 Å². The molecule has 96 valence electrons. The number of nitrogens with one attached hydrogen (secondary N) is 1. The number of aliphatic hydroxyl groups excluding tert-OH is 1. The Bertz CT molecular complexity index is 377. The van der Waals surface area contributed by atoms with Crippen molar-refractivity contribution >= 4 is 5.97 Å². The van der Waals surface area contributed by atoms with Gasteiger partial charge in [-0.15, -0.1) is 0 Å². The number of hydrogen-bond acceptors (Lipinski definition) is 5. The molecule has 3 N–H and O–H groups in total. The zero-order valence-electron chi connectivity index (χ0n) is 10.1. The highest BCUT2D eigenvalue weighted by Crippen LogP contribution is 2.15. The monoisotopic (exact) mass is 242 g/mol. The van der Waals surface area contributed by atoms with Crippen molar-refractivity contribution in [2.24, 2.45) is 0 Å². The molecule has 0 aliphatic heterocycles. The molecule has 0 aromatic carbocycles. The molecule has 6 heteroatoms. The number of hydrogen-bond donors (Lipinski definition) is 3. The standard InChI is InChI=1S/C11H18N2O4/c1-3-11(2,4-5-14)12-7-8-6-9(10(15)16)13-17-8/h6,12,14H,3-5,7H2,1-2H3,(H,15,16). The lowest BCUT2D eigenvalue weighted by Crippen LogP contribution is -2.41. The molecule has 0 bridgehead atoms. The van der Waals surface area contributed by atoms with E-state index in [-0.39, 0.29) is 17.8 Å². The molecule has 0 saturated carbocycles. The van der Waals surface area contributed by atoms with Gasteiger partial charge in [-0.3, -0.25) is 0 Å². The summed E-state index contributed by atoms with van der Waals surface area (Å²) in [6.07, 6.45) is 1.48. The van der Waals surface area contributed by atoms with Crippen LogP contribution in [0.2, 0.25) is 0 Å². The van der Waals surface area contributed by atoms with Gasteiger partial charge in [-0.2, -0.15) is 0 Å². The Morgan fingerprint density at radius 1 is 1.65 bits per heavy atom. The molecule has 0 spiro atoms. The van der Waals surface area contributed by atoms with Crippen LogP contribution < -0.4 is 5.32 Å². The highest BCUT2D eigenvalue weighted by Gasteiger charge is 2.21. The van der Waals surface area contributed by atoms with Crippen LogP contribution in [0.5, 0.6) is 0 Å². The summed E-state index contributed by atoms with van der Waals surface area (Å²) in [6.45, 7) is 4.52. The summed E-state index contributed by atoms with van der Waals surface area (Å²) < 4.78 is 4.89. The number of aliphatic hydroxyl groups is 1. The Hall–Kier alpha value is -1.40. The first-order chi connectivity index (χ1) is 8.00. The fraction of sp³-hybridized carbons (Fsp3) is 0.636. The minimum atomic E-state index is -1.10. The maximum absolute atomic E-state index is 10.6. The van der Waals surface area contributed by atoms with E-state index in [1.807, 2.05) is 13.8 Å². The highest BCUT2D eigenvalue weighted by atomic mass is 16.5. The Morgan fingerprint density at radius 2 is 2.35 bits per heavy atom. The van der Waals surface area contributed by atoms with E-state index in [4.69, 9.17) is 14.7 Å². The topological polar surface area (TPSA) is 95.6 Å². The molecular weight excluding hydrogens is 224 g/mol. The minimum absolute atomic E-state index is 0.0952. The smallest absolute Gasteiger partial charge is 0.358 e. The summed E-state index contributed by atoms with van der Waals surface area (Å²) in [5.41, 5.74) is -0.285. The van der Waals surface area contributed by atoms with Gasteiger partial charge in [0.05, 0.1) is 6.54 Å². The number of aromatic carboxylic acids is 1. The van der Waals surface area contributed by atoms with Crippen molar-refractivity contribution in [3.8, 4) is 0 Å². The lowest BCUT2D eigenvalue weighted by molar-refractivity contribution is 0.0685. The average molecular weight is 242 g/mol. The van der Waals surface area contributed by atoms with Gasteiger partial charge in [0.1, 0.15) is 0 Å². The fourth-order valence-electron chi connectivity index (χ4n) is 1.43. The number of carboxylic acids is 1. The fourth-order valence-corrected chi connectivity index (χ4v) is 1.43. The molecule has 6 nitrogen and oxygen atoms in total. The largest absolute Gasteiger partial charge is 0.476 e. The Kier molecular flexibility index (Phi) is 4.65. The van der Waals surface area contributed by atoms with Crippen molar-refractivity contribution in [3.63, 3.8) is 0 Å². The molecule has 0 fully saturated rings. The molecule has 0 amide bonds. The van der Waals surface area contributed by atoms with E-state index in [0.717, 1.165) is 6.42 Å². The molecule has 1 atom stereocenters. The number of rotatable bonds is 7. The third-order valence-electron chi connectivity index (χ3n) is 2.91. The average Bonchev–Trinajstić information content (AvgIpc) is 2.76. The van der Waals surface area contributed by atoms with Gasteiger partial charge in [-0.1, -0.05) is 12.1 Å². The molecule has 17 heavy (non-hydrogen) atoms. The van der Waals surface area contributed by atoms with Crippen LogP contribution in [0.25, 0.3) is 0 Å². The second kappa shape index (κ2) is 5.79. The third kappa shape index (κ3) is 3.83. The summed E-state index contributed by atoms with van der Waals surface area (Å²) in [4.78, 5) is 10.6. The molecule has 1 heterocycles. The zero-order chi connectivity index (χ0) is 12.9. The number of nitrogens with zero attached hydrogens (tertiary/aromatic N) is 1. The van der Waals surface area contributed by atoms with Crippen molar-refractivity contribution < 1.29 is 19.5 Å². The van der Waals surface area contributed by atoms with Gasteiger partial charge < -0.3 is 20.1 Å². The summed E-state index contributed by atoms with van der Waals surface area (Å²) in [5, 5.41) is 24.3. The first-order valence-corrected chi connectivity index (χ1v) is 5.55. The summed E-state index contributed by atoms with van der Waals surface area (Å²) in [5.74, 6) is -0.631. The quantitative estimate of drug-likeness (QED) is 0.660. The van der Waals surface area contributed by atoms with Crippen LogP contribution in [0.3, 0.4) is 0 Å². The summed E-state index contributed by atoms with van der Waals surface area (Å²) in [7, 11) is 0. The number of carbonyl (C=O) groups is 1. The van der Waals surface area contributed by atoms with Crippen molar-refractivity contribution in [2.75, 3.05) is 6.61 Å². The Balaban J connectivity index is 2.56. The first-order valence-electron chi connectivity index (χ1n) is 5.55. The van der Waals surface area contributed by atoms with Gasteiger partial charge in [-0.25, -0.2) is 4.79 Å². The predicted octanol–water partition coefficient (Wildman–Crippen LogP) is 1.01. The molecule has 0 aliphatic carbocycles. The van der Waals surface area contributed by atoms with Gasteiger partial charge in [0.25, 0.3) is 0 Å². The van der Waals surface area contributed by atoms with E-state index >= 15 is 0 Å². The van der Waals surface area contributed by atoms with Crippen LogP contribution in [0.1, 0.15) is 42.9 Å². The van der Waals surface area contributed by atoms with Crippen molar-refractivity contribution in [1.82, 2.24) is 10.5 Å². The van der Waals surface area contributed by atoms with Gasteiger partial charge in [0.2, 0.25) is 0 Å². The lowest BCUT2D eigenvalue weighted by Gasteiger charge is -2.28. The highest BCUT2D eigenvalue weighted by molar-refractivity contribution is 5.85. The van der Waals surface area contributed by atoms with Crippen molar-refractivity contribution in [1.29, 1.82) is 0 Å². The van der Waals surface area contributed by atoms with Crippen molar-refractivity contribution in [3.05, 3.63) is 17.5 Å². The molecule has 1 rings (SSSR count). The maximum atomic E-state index is 10.6. The van der Waals surface area contributed by atoms with Gasteiger partial charge in [0, 0.05) is 18.2 Å². The molecule has 0 aliphatic rings. The van der Waals surface area contributed by atoms with Crippen LogP contribution in [-0.4, -0.2) is 33.5 Å². The molecule has 1 unspecified atom stereocenters. The summed E-state index contributed by atoms with van der Waals surface area (Å²) in [6, 6.07) is 1.39. The Labute approximate surface area is 99.6 Å². The van der Waals surface area contributed by atoms with Crippen LogP contribution in [-0.2, 0) is 6.54 Å². The van der Waals surface area contributed by atoms with E-state index in [1.165, 1.54) is 6.07 Å². The zero-order valence-corrected chi connectivity index (χ0v) is 10.1. The molecule has 0 saturated heterocycles. The lowest BCUT2D eigenvalue weighted by atomic mass is 9.95. The predicted molar refractivity (Wildman–Crippen MR) is 60.7 cm³/mol.